The fourth-order valence-electron chi connectivity index (χ4n) is 4.63. The van der Waals surface area contributed by atoms with Crippen molar-refractivity contribution in [1.29, 1.82) is 0 Å². The minimum absolute atomic E-state index is 0.161. The summed E-state index contributed by atoms with van der Waals surface area (Å²) in [6.45, 7) is 4.51. The third-order valence-corrected chi connectivity index (χ3v) is 6.72. The highest BCUT2D eigenvalue weighted by Gasteiger charge is 2.38. The van der Waals surface area contributed by atoms with Crippen molar-refractivity contribution in [2.24, 2.45) is 5.92 Å². The van der Waals surface area contributed by atoms with Crippen molar-refractivity contribution in [3.8, 4) is 0 Å². The van der Waals surface area contributed by atoms with Gasteiger partial charge in [0.2, 0.25) is 0 Å². The van der Waals surface area contributed by atoms with Gasteiger partial charge in [0.15, 0.2) is 0 Å². The van der Waals surface area contributed by atoms with Crippen molar-refractivity contribution in [1.82, 2.24) is 15.7 Å². The first-order chi connectivity index (χ1) is 15.1. The predicted octanol–water partition coefficient (Wildman–Crippen LogP) is 3.74. The van der Waals surface area contributed by atoms with E-state index in [0.717, 1.165) is 51.4 Å². The molecule has 3 N–H and O–H groups in total. The topological polar surface area (TPSA) is 64.6 Å². The van der Waals surface area contributed by atoms with Gasteiger partial charge in [0.1, 0.15) is 5.82 Å². The standard InChI is InChI=1S/C25H32FN3O2/c26-22-9-7-20(8-10-22)23-16-24(23)27-17-19-11-14-29(15-12-19)13-1-2-18-3-5-21(6-4-18)25(30)28-31/h3-10,19,23-24,27,31H,1-2,11-17H2,(H,28,30)/t23-,24+/m1/s1. The number of rotatable bonds is 9. The summed E-state index contributed by atoms with van der Waals surface area (Å²) in [7, 11) is 0. The van der Waals surface area contributed by atoms with Crippen LogP contribution in [-0.2, 0) is 6.42 Å². The van der Waals surface area contributed by atoms with Crippen molar-refractivity contribution in [2.45, 2.75) is 44.1 Å². The molecule has 1 saturated carbocycles. The Hall–Kier alpha value is -2.28. The number of hydrogen-bond acceptors (Lipinski definition) is 4. The fraction of sp³-hybridized carbons (Fsp3) is 0.480. The maximum Gasteiger partial charge on any atom is 0.274 e. The summed E-state index contributed by atoms with van der Waals surface area (Å²) in [5.74, 6) is 0.658. The first-order valence-corrected chi connectivity index (χ1v) is 11.4. The molecule has 0 aromatic heterocycles. The number of carbonyl (C=O) groups is 1. The molecule has 1 heterocycles. The second-order valence-corrected chi connectivity index (χ2v) is 8.93. The van der Waals surface area contributed by atoms with Gasteiger partial charge in [-0.1, -0.05) is 24.3 Å². The lowest BCUT2D eigenvalue weighted by Crippen LogP contribution is -2.38. The van der Waals surface area contributed by atoms with Crippen LogP contribution in [0, 0.1) is 11.7 Å². The smallest absolute Gasteiger partial charge is 0.274 e. The van der Waals surface area contributed by atoms with Crippen LogP contribution >= 0.6 is 0 Å². The van der Waals surface area contributed by atoms with Crippen molar-refractivity contribution < 1.29 is 14.4 Å². The molecule has 1 saturated heterocycles. The van der Waals surface area contributed by atoms with Gasteiger partial charge < -0.3 is 10.2 Å². The molecule has 2 fully saturated rings. The van der Waals surface area contributed by atoms with E-state index in [2.05, 4.69) is 10.2 Å². The summed E-state index contributed by atoms with van der Waals surface area (Å²) in [4.78, 5) is 13.9. The minimum atomic E-state index is -0.475. The number of benzene rings is 2. The second kappa shape index (κ2) is 10.4. The molecule has 0 bridgehead atoms. The molecule has 1 amide bonds. The molecule has 1 aliphatic carbocycles. The van der Waals surface area contributed by atoms with Gasteiger partial charge in [-0.2, -0.15) is 0 Å². The third-order valence-electron chi connectivity index (χ3n) is 6.72. The number of hydroxylamine groups is 1. The highest BCUT2D eigenvalue weighted by Crippen LogP contribution is 2.40. The Morgan fingerprint density at radius 2 is 1.77 bits per heavy atom. The van der Waals surface area contributed by atoms with Crippen molar-refractivity contribution in [2.75, 3.05) is 26.2 Å². The maximum atomic E-state index is 13.1. The van der Waals surface area contributed by atoms with Crippen molar-refractivity contribution in [3.05, 3.63) is 71.0 Å². The van der Waals surface area contributed by atoms with Crippen LogP contribution in [0.15, 0.2) is 48.5 Å². The van der Waals surface area contributed by atoms with E-state index in [1.165, 1.54) is 24.0 Å². The molecule has 0 radical (unpaired) electrons. The lowest BCUT2D eigenvalue weighted by Gasteiger charge is -2.32. The zero-order valence-electron chi connectivity index (χ0n) is 17.9. The van der Waals surface area contributed by atoms with Gasteiger partial charge in [-0.15, -0.1) is 0 Å². The van der Waals surface area contributed by atoms with Gasteiger partial charge in [0.05, 0.1) is 0 Å². The lowest BCUT2D eigenvalue weighted by molar-refractivity contribution is 0.0706. The molecule has 0 unspecified atom stereocenters. The molecule has 0 spiro atoms. The first-order valence-electron chi connectivity index (χ1n) is 11.4. The van der Waals surface area contributed by atoms with E-state index in [9.17, 15) is 9.18 Å². The Morgan fingerprint density at radius 3 is 2.45 bits per heavy atom. The van der Waals surface area contributed by atoms with Crippen molar-refractivity contribution in [3.63, 3.8) is 0 Å². The minimum Gasteiger partial charge on any atom is -0.313 e. The number of carbonyl (C=O) groups excluding carboxylic acids is 1. The van der Waals surface area contributed by atoms with Crippen LogP contribution in [0.25, 0.3) is 0 Å². The van der Waals surface area contributed by atoms with E-state index in [1.54, 1.807) is 29.7 Å². The highest BCUT2D eigenvalue weighted by atomic mass is 19.1. The summed E-state index contributed by atoms with van der Waals surface area (Å²) < 4.78 is 13.1. The molecule has 1 aliphatic heterocycles. The van der Waals surface area contributed by atoms with Crippen LogP contribution in [0.2, 0.25) is 0 Å². The van der Waals surface area contributed by atoms with Crippen LogP contribution < -0.4 is 10.8 Å². The van der Waals surface area contributed by atoms with E-state index < -0.39 is 5.91 Å². The second-order valence-electron chi connectivity index (χ2n) is 8.93. The van der Waals surface area contributed by atoms with Crippen molar-refractivity contribution >= 4 is 5.91 Å². The van der Waals surface area contributed by atoms with Crippen LogP contribution in [0.3, 0.4) is 0 Å². The monoisotopic (exact) mass is 425 g/mol. The number of nitrogens with one attached hydrogen (secondary N) is 2. The Morgan fingerprint density at radius 1 is 1.06 bits per heavy atom. The molecular weight excluding hydrogens is 393 g/mol. The Kier molecular flexibility index (Phi) is 7.33. The van der Waals surface area contributed by atoms with E-state index >= 15 is 0 Å². The number of piperidine rings is 1. The van der Waals surface area contributed by atoms with E-state index in [4.69, 9.17) is 5.21 Å². The zero-order chi connectivity index (χ0) is 21.6. The van der Waals surface area contributed by atoms with E-state index in [1.807, 2.05) is 24.3 Å². The average Bonchev–Trinajstić information content (AvgIpc) is 3.59. The van der Waals surface area contributed by atoms with Gasteiger partial charge in [-0.05, 0) is 99.6 Å². The lowest BCUT2D eigenvalue weighted by atomic mass is 9.96. The maximum absolute atomic E-state index is 13.1. The highest BCUT2D eigenvalue weighted by molar-refractivity contribution is 5.93. The Balaban J connectivity index is 1.09. The molecule has 4 rings (SSSR count). The van der Waals surface area contributed by atoms with Gasteiger partial charge >= 0.3 is 0 Å². The SMILES string of the molecule is O=C(NO)c1ccc(CCCN2CCC(CN[C@H]3C[C@@H]3c3ccc(F)cc3)CC2)cc1. The number of aryl methyl sites for hydroxylation is 1. The normalized spacial score (nSPS) is 21.7. The van der Waals surface area contributed by atoms with Gasteiger partial charge in [0.25, 0.3) is 5.91 Å². The molecule has 2 aromatic rings. The summed E-state index contributed by atoms with van der Waals surface area (Å²) >= 11 is 0. The molecule has 2 aliphatic rings. The van der Waals surface area contributed by atoms with Gasteiger partial charge in [-0.3, -0.25) is 10.0 Å². The molecule has 2 atom stereocenters. The predicted molar refractivity (Wildman–Crippen MR) is 119 cm³/mol. The largest absolute Gasteiger partial charge is 0.313 e. The summed E-state index contributed by atoms with van der Waals surface area (Å²) in [5, 5.41) is 12.4. The zero-order valence-corrected chi connectivity index (χ0v) is 17.9. The first kappa shape index (κ1) is 21.9. The number of nitrogens with zero attached hydrogens (tertiary/aromatic N) is 1. The van der Waals surface area contributed by atoms with E-state index in [0.29, 0.717) is 17.5 Å². The molecule has 6 heteroatoms. The quantitative estimate of drug-likeness (QED) is 0.423. The van der Waals surface area contributed by atoms with Crippen LogP contribution in [-0.4, -0.2) is 48.2 Å². The fourth-order valence-corrected chi connectivity index (χ4v) is 4.63. The molecular formula is C25H32FN3O2. The van der Waals surface area contributed by atoms with E-state index in [-0.39, 0.29) is 5.82 Å². The summed E-state index contributed by atoms with van der Waals surface area (Å²) in [6, 6.07) is 14.9. The number of hydrogen-bond donors (Lipinski definition) is 3. The van der Waals surface area contributed by atoms with Crippen LogP contribution in [0.5, 0.6) is 0 Å². The average molecular weight is 426 g/mol. The summed E-state index contributed by atoms with van der Waals surface area (Å²) in [6.07, 6.45) is 5.75. The number of likely N-dealkylation sites (tertiary alicyclic amines) is 1. The Labute approximate surface area is 183 Å². The molecule has 5 nitrogen and oxygen atoms in total. The Bertz CT molecular complexity index is 848. The molecule has 166 valence electrons. The molecule has 2 aromatic carbocycles. The van der Waals surface area contributed by atoms with Crippen LogP contribution in [0.4, 0.5) is 4.39 Å². The van der Waals surface area contributed by atoms with Gasteiger partial charge in [0, 0.05) is 17.5 Å². The third kappa shape index (κ3) is 6.12. The van der Waals surface area contributed by atoms with Gasteiger partial charge in [-0.25, -0.2) is 9.87 Å². The molecule has 31 heavy (non-hydrogen) atoms. The number of amides is 1. The summed E-state index contributed by atoms with van der Waals surface area (Å²) in [5.41, 5.74) is 4.59. The number of halogens is 1. The van der Waals surface area contributed by atoms with Crippen LogP contribution in [0.1, 0.15) is 53.1 Å².